The van der Waals surface area contributed by atoms with Crippen LogP contribution in [0.1, 0.15) is 33.3 Å². The molecule has 0 bridgehead atoms. The Kier molecular flexibility index (Phi) is 4.96. The minimum atomic E-state index is -0.622. The van der Waals surface area contributed by atoms with Crippen molar-refractivity contribution in [3.63, 3.8) is 0 Å². The van der Waals surface area contributed by atoms with Crippen molar-refractivity contribution in [1.29, 1.82) is 0 Å². The second kappa shape index (κ2) is 5.80. The van der Waals surface area contributed by atoms with Gasteiger partial charge in [0.05, 0.1) is 5.60 Å². The van der Waals surface area contributed by atoms with Gasteiger partial charge in [0.25, 0.3) is 0 Å². The van der Waals surface area contributed by atoms with Crippen molar-refractivity contribution in [2.24, 2.45) is 5.92 Å². The molecule has 0 saturated carbocycles. The van der Waals surface area contributed by atoms with Crippen molar-refractivity contribution in [3.05, 3.63) is 22.4 Å². The second-order valence-electron chi connectivity index (χ2n) is 5.13. The highest BCUT2D eigenvalue weighted by atomic mass is 32.1. The molecule has 0 saturated heterocycles. The topological polar surface area (TPSA) is 32.3 Å². The summed E-state index contributed by atoms with van der Waals surface area (Å²) in [4.78, 5) is 0. The van der Waals surface area contributed by atoms with Crippen LogP contribution in [0.3, 0.4) is 0 Å². The van der Waals surface area contributed by atoms with Crippen molar-refractivity contribution in [2.75, 3.05) is 6.54 Å². The summed E-state index contributed by atoms with van der Waals surface area (Å²) in [6, 6.07) is 2.56. The molecule has 0 aliphatic rings. The summed E-state index contributed by atoms with van der Waals surface area (Å²) < 4.78 is 0. The lowest BCUT2D eigenvalue weighted by atomic mass is 9.92. The van der Waals surface area contributed by atoms with E-state index in [0.717, 1.165) is 6.42 Å². The van der Waals surface area contributed by atoms with E-state index < -0.39 is 5.60 Å². The lowest BCUT2D eigenvalue weighted by molar-refractivity contribution is 0.0122. The minimum Gasteiger partial charge on any atom is -0.389 e. The van der Waals surface area contributed by atoms with Crippen molar-refractivity contribution < 1.29 is 5.11 Å². The lowest BCUT2D eigenvalue weighted by Crippen LogP contribution is -2.45. The zero-order valence-corrected chi connectivity index (χ0v) is 11.5. The van der Waals surface area contributed by atoms with Gasteiger partial charge in [0, 0.05) is 12.6 Å². The van der Waals surface area contributed by atoms with Crippen molar-refractivity contribution in [3.8, 4) is 0 Å². The van der Waals surface area contributed by atoms with Gasteiger partial charge in [-0.3, -0.25) is 0 Å². The molecule has 1 aromatic rings. The summed E-state index contributed by atoms with van der Waals surface area (Å²) in [5.41, 5.74) is 0.748. The van der Waals surface area contributed by atoms with Gasteiger partial charge in [-0.1, -0.05) is 13.8 Å². The van der Waals surface area contributed by atoms with E-state index in [0.29, 0.717) is 12.6 Å². The maximum atomic E-state index is 10.1. The third-order valence-electron chi connectivity index (χ3n) is 3.17. The first kappa shape index (κ1) is 13.7. The zero-order chi connectivity index (χ0) is 12.2. The van der Waals surface area contributed by atoms with Gasteiger partial charge in [0.2, 0.25) is 0 Å². The van der Waals surface area contributed by atoms with Crippen molar-refractivity contribution in [1.82, 2.24) is 5.32 Å². The third kappa shape index (κ3) is 4.24. The van der Waals surface area contributed by atoms with Gasteiger partial charge in [0.1, 0.15) is 0 Å². The predicted octanol–water partition coefficient (Wildman–Crippen LogP) is 2.68. The number of hydrogen-bond acceptors (Lipinski definition) is 3. The lowest BCUT2D eigenvalue weighted by Gasteiger charge is -2.29. The van der Waals surface area contributed by atoms with Gasteiger partial charge in [-0.15, -0.1) is 0 Å². The third-order valence-corrected chi connectivity index (χ3v) is 3.91. The number of aliphatic hydroxyl groups is 1. The molecular formula is C13H23NOS. The first-order chi connectivity index (χ1) is 7.42. The molecule has 3 heteroatoms. The first-order valence-electron chi connectivity index (χ1n) is 5.88. The van der Waals surface area contributed by atoms with Crippen LogP contribution >= 0.6 is 11.3 Å². The SMILES string of the molecule is CC(Cc1ccsc1)NCC(C)(O)C(C)C. The fourth-order valence-corrected chi connectivity index (χ4v) is 2.10. The van der Waals surface area contributed by atoms with Crippen LogP contribution in [0.5, 0.6) is 0 Å². The molecule has 0 fully saturated rings. The van der Waals surface area contributed by atoms with Gasteiger partial charge in [-0.25, -0.2) is 0 Å². The summed E-state index contributed by atoms with van der Waals surface area (Å²) >= 11 is 1.73. The van der Waals surface area contributed by atoms with Crippen LogP contribution in [0.25, 0.3) is 0 Å². The summed E-state index contributed by atoms with van der Waals surface area (Å²) in [5, 5.41) is 17.8. The van der Waals surface area contributed by atoms with Crippen LogP contribution < -0.4 is 5.32 Å². The number of rotatable bonds is 6. The van der Waals surface area contributed by atoms with Crippen LogP contribution in [0.15, 0.2) is 16.8 Å². The smallest absolute Gasteiger partial charge is 0.0766 e. The fourth-order valence-electron chi connectivity index (χ4n) is 1.42. The van der Waals surface area contributed by atoms with Crippen molar-refractivity contribution in [2.45, 2.75) is 45.8 Å². The molecule has 1 aromatic heterocycles. The highest BCUT2D eigenvalue weighted by Gasteiger charge is 2.24. The monoisotopic (exact) mass is 241 g/mol. The Hall–Kier alpha value is -0.380. The summed E-state index contributed by atoms with van der Waals surface area (Å²) in [6.07, 6.45) is 1.03. The molecule has 92 valence electrons. The molecule has 0 aromatic carbocycles. The second-order valence-corrected chi connectivity index (χ2v) is 5.91. The molecule has 16 heavy (non-hydrogen) atoms. The van der Waals surface area contributed by atoms with Crippen molar-refractivity contribution >= 4 is 11.3 Å². The van der Waals surface area contributed by atoms with E-state index in [1.807, 2.05) is 20.8 Å². The van der Waals surface area contributed by atoms with Crippen LogP contribution in [-0.4, -0.2) is 23.3 Å². The summed E-state index contributed by atoms with van der Waals surface area (Å²) in [7, 11) is 0. The average Bonchev–Trinajstić information content (AvgIpc) is 2.67. The van der Waals surface area contributed by atoms with Crippen LogP contribution in [0, 0.1) is 5.92 Å². The first-order valence-corrected chi connectivity index (χ1v) is 6.83. The Morgan fingerprint density at radius 1 is 1.44 bits per heavy atom. The quantitative estimate of drug-likeness (QED) is 0.802. The maximum Gasteiger partial charge on any atom is 0.0766 e. The largest absolute Gasteiger partial charge is 0.389 e. The van der Waals surface area contributed by atoms with E-state index in [4.69, 9.17) is 0 Å². The zero-order valence-electron chi connectivity index (χ0n) is 10.7. The number of hydrogen-bond donors (Lipinski definition) is 2. The molecule has 0 radical (unpaired) electrons. The Morgan fingerprint density at radius 2 is 2.12 bits per heavy atom. The average molecular weight is 241 g/mol. The van der Waals surface area contributed by atoms with Crippen LogP contribution in [0.2, 0.25) is 0 Å². The highest BCUT2D eigenvalue weighted by molar-refractivity contribution is 7.07. The Bertz CT molecular complexity index is 293. The maximum absolute atomic E-state index is 10.1. The molecule has 0 aliphatic heterocycles. The molecule has 0 amide bonds. The predicted molar refractivity (Wildman–Crippen MR) is 70.9 cm³/mol. The molecule has 0 spiro atoms. The number of thiophene rings is 1. The van der Waals surface area contributed by atoms with E-state index in [1.165, 1.54) is 5.56 Å². The van der Waals surface area contributed by atoms with E-state index >= 15 is 0 Å². The van der Waals surface area contributed by atoms with E-state index in [9.17, 15) is 5.11 Å². The molecule has 1 heterocycles. The molecule has 1 rings (SSSR count). The highest BCUT2D eigenvalue weighted by Crippen LogP contribution is 2.15. The van der Waals surface area contributed by atoms with Crippen LogP contribution in [0.4, 0.5) is 0 Å². The standard InChI is InChI=1S/C13H23NOS/c1-10(2)13(4,15)9-14-11(3)7-12-5-6-16-8-12/h5-6,8,10-11,14-15H,7,9H2,1-4H3. The van der Waals surface area contributed by atoms with Gasteiger partial charge in [0.15, 0.2) is 0 Å². The van der Waals surface area contributed by atoms with Gasteiger partial charge in [-0.2, -0.15) is 11.3 Å². The van der Waals surface area contributed by atoms with Crippen LogP contribution in [-0.2, 0) is 6.42 Å². The van der Waals surface area contributed by atoms with Gasteiger partial charge >= 0.3 is 0 Å². The van der Waals surface area contributed by atoms with Gasteiger partial charge in [-0.05, 0) is 48.6 Å². The molecule has 2 nitrogen and oxygen atoms in total. The molecule has 2 unspecified atom stereocenters. The Balaban J connectivity index is 2.33. The molecule has 0 aliphatic carbocycles. The van der Waals surface area contributed by atoms with Gasteiger partial charge < -0.3 is 10.4 Å². The fraction of sp³-hybridized carbons (Fsp3) is 0.692. The Morgan fingerprint density at radius 3 is 2.62 bits per heavy atom. The minimum absolute atomic E-state index is 0.272. The summed E-state index contributed by atoms with van der Waals surface area (Å²) in [6.45, 7) is 8.79. The molecule has 2 N–H and O–H groups in total. The van der Waals surface area contributed by atoms with E-state index in [2.05, 4.69) is 29.1 Å². The molecule has 2 atom stereocenters. The summed E-state index contributed by atoms with van der Waals surface area (Å²) in [5.74, 6) is 0.272. The number of nitrogens with one attached hydrogen (secondary N) is 1. The van der Waals surface area contributed by atoms with E-state index in [-0.39, 0.29) is 5.92 Å². The van der Waals surface area contributed by atoms with E-state index in [1.54, 1.807) is 11.3 Å². The molecular weight excluding hydrogens is 218 g/mol. The Labute approximate surface area is 103 Å². The normalized spacial score (nSPS) is 17.4.